The maximum Gasteiger partial charge on any atom is 0.240 e. The van der Waals surface area contributed by atoms with Gasteiger partial charge in [-0.15, -0.1) is 0 Å². The lowest BCUT2D eigenvalue weighted by molar-refractivity contribution is -0.116. The number of Topliss-reactive ketones (excluding diaryl/α,β-unsaturated/α-hetero) is 1. The van der Waals surface area contributed by atoms with Gasteiger partial charge in [-0.05, 0) is 56.0 Å². The van der Waals surface area contributed by atoms with E-state index in [2.05, 4.69) is 10.0 Å². The van der Waals surface area contributed by atoms with Crippen molar-refractivity contribution in [3.8, 4) is 0 Å². The standard InChI is InChI=1S/C23H28N2O4S/c1-17(26)19-6-5-9-21(16-19)24-23(27)15-12-18-10-13-22(14-11-18)30(28,29)25-20-7-3-2-4-8-20/h5-6,9-11,13-14,16,20,25H,2-4,7-8,12,15H2,1H3,(H,24,27). The van der Waals surface area contributed by atoms with Gasteiger partial charge in [-0.3, -0.25) is 9.59 Å². The van der Waals surface area contributed by atoms with Gasteiger partial charge < -0.3 is 5.32 Å². The molecule has 1 amide bonds. The molecule has 2 aromatic rings. The molecule has 0 aromatic heterocycles. The van der Waals surface area contributed by atoms with E-state index in [-0.39, 0.29) is 29.0 Å². The fraction of sp³-hybridized carbons (Fsp3) is 0.391. The second-order valence-corrected chi connectivity index (χ2v) is 9.50. The molecule has 0 unspecified atom stereocenters. The minimum Gasteiger partial charge on any atom is -0.326 e. The quantitative estimate of drug-likeness (QED) is 0.620. The number of carbonyl (C=O) groups is 2. The highest BCUT2D eigenvalue weighted by atomic mass is 32.2. The van der Waals surface area contributed by atoms with E-state index in [4.69, 9.17) is 0 Å². The largest absolute Gasteiger partial charge is 0.326 e. The maximum absolute atomic E-state index is 12.6. The van der Waals surface area contributed by atoms with E-state index in [1.807, 2.05) is 0 Å². The molecular weight excluding hydrogens is 400 g/mol. The Labute approximate surface area is 178 Å². The number of carbonyl (C=O) groups excluding carboxylic acids is 2. The van der Waals surface area contributed by atoms with Crippen LogP contribution in [0.1, 0.15) is 61.4 Å². The molecule has 1 fully saturated rings. The van der Waals surface area contributed by atoms with Crippen molar-refractivity contribution in [3.63, 3.8) is 0 Å². The molecule has 0 atom stereocenters. The van der Waals surface area contributed by atoms with E-state index < -0.39 is 10.0 Å². The van der Waals surface area contributed by atoms with E-state index in [1.54, 1.807) is 48.5 Å². The van der Waals surface area contributed by atoms with Crippen LogP contribution in [-0.2, 0) is 21.2 Å². The first-order valence-corrected chi connectivity index (χ1v) is 11.8. The van der Waals surface area contributed by atoms with Crippen LogP contribution in [0.5, 0.6) is 0 Å². The van der Waals surface area contributed by atoms with E-state index >= 15 is 0 Å². The predicted octanol–water partition coefficient (Wildman–Crippen LogP) is 4.07. The molecular formula is C23H28N2O4S. The fourth-order valence-corrected chi connectivity index (χ4v) is 4.95. The molecule has 1 saturated carbocycles. The van der Waals surface area contributed by atoms with Gasteiger partial charge in [0.15, 0.2) is 5.78 Å². The molecule has 160 valence electrons. The molecule has 0 radical (unpaired) electrons. The number of sulfonamides is 1. The Balaban J connectivity index is 1.53. The Morgan fingerprint density at radius 1 is 1.00 bits per heavy atom. The lowest BCUT2D eigenvalue weighted by Gasteiger charge is -2.22. The highest BCUT2D eigenvalue weighted by molar-refractivity contribution is 7.89. The Kier molecular flexibility index (Phi) is 7.39. The van der Waals surface area contributed by atoms with Crippen molar-refractivity contribution in [1.29, 1.82) is 0 Å². The molecule has 0 saturated heterocycles. The molecule has 3 rings (SSSR count). The molecule has 0 heterocycles. The average Bonchev–Trinajstić information content (AvgIpc) is 2.73. The number of amides is 1. The zero-order valence-corrected chi connectivity index (χ0v) is 18.0. The van der Waals surface area contributed by atoms with Gasteiger partial charge >= 0.3 is 0 Å². The summed E-state index contributed by atoms with van der Waals surface area (Å²) in [7, 11) is -3.52. The Morgan fingerprint density at radius 2 is 1.70 bits per heavy atom. The second kappa shape index (κ2) is 10.00. The summed E-state index contributed by atoms with van der Waals surface area (Å²) in [6.07, 6.45) is 5.83. The minimum atomic E-state index is -3.52. The van der Waals surface area contributed by atoms with Crippen LogP contribution >= 0.6 is 0 Å². The van der Waals surface area contributed by atoms with Gasteiger partial charge in [0, 0.05) is 23.7 Å². The Hall–Kier alpha value is -2.51. The summed E-state index contributed by atoms with van der Waals surface area (Å²) >= 11 is 0. The van der Waals surface area contributed by atoms with Crippen molar-refractivity contribution in [2.45, 2.75) is 62.8 Å². The number of anilines is 1. The van der Waals surface area contributed by atoms with Crippen LogP contribution < -0.4 is 10.0 Å². The molecule has 2 aromatic carbocycles. The number of nitrogens with one attached hydrogen (secondary N) is 2. The summed E-state index contributed by atoms with van der Waals surface area (Å²) in [6.45, 7) is 1.48. The van der Waals surface area contributed by atoms with Crippen LogP contribution in [0.2, 0.25) is 0 Å². The van der Waals surface area contributed by atoms with Crippen LogP contribution in [0.15, 0.2) is 53.4 Å². The first-order valence-electron chi connectivity index (χ1n) is 10.4. The number of ketones is 1. The molecule has 1 aliphatic carbocycles. The number of hydrogen-bond donors (Lipinski definition) is 2. The van der Waals surface area contributed by atoms with E-state index in [0.717, 1.165) is 31.2 Å². The highest BCUT2D eigenvalue weighted by Gasteiger charge is 2.21. The van der Waals surface area contributed by atoms with Crippen LogP contribution in [0.4, 0.5) is 5.69 Å². The van der Waals surface area contributed by atoms with Crippen molar-refractivity contribution in [2.75, 3.05) is 5.32 Å². The third-order valence-electron chi connectivity index (χ3n) is 5.35. The van der Waals surface area contributed by atoms with Gasteiger partial charge in [-0.1, -0.05) is 43.5 Å². The van der Waals surface area contributed by atoms with Crippen molar-refractivity contribution in [2.24, 2.45) is 0 Å². The molecule has 0 aliphatic heterocycles. The summed E-state index contributed by atoms with van der Waals surface area (Å²) in [4.78, 5) is 23.9. The van der Waals surface area contributed by atoms with Gasteiger partial charge in [-0.25, -0.2) is 13.1 Å². The summed E-state index contributed by atoms with van der Waals surface area (Å²) in [5.74, 6) is -0.217. The monoisotopic (exact) mass is 428 g/mol. The third-order valence-corrected chi connectivity index (χ3v) is 6.89. The number of hydrogen-bond acceptors (Lipinski definition) is 4. The van der Waals surface area contributed by atoms with E-state index in [0.29, 0.717) is 17.7 Å². The van der Waals surface area contributed by atoms with Crippen LogP contribution in [0.25, 0.3) is 0 Å². The highest BCUT2D eigenvalue weighted by Crippen LogP contribution is 2.20. The lowest BCUT2D eigenvalue weighted by Crippen LogP contribution is -2.36. The first kappa shape index (κ1) is 22.2. The zero-order valence-electron chi connectivity index (χ0n) is 17.2. The smallest absolute Gasteiger partial charge is 0.240 e. The van der Waals surface area contributed by atoms with Crippen molar-refractivity contribution in [1.82, 2.24) is 4.72 Å². The van der Waals surface area contributed by atoms with Crippen LogP contribution in [0.3, 0.4) is 0 Å². The molecule has 0 spiro atoms. The Bertz CT molecular complexity index is 994. The van der Waals surface area contributed by atoms with Crippen LogP contribution in [-0.4, -0.2) is 26.2 Å². The number of aryl methyl sites for hydroxylation is 1. The summed E-state index contributed by atoms with van der Waals surface area (Å²) in [5.41, 5.74) is 2.02. The average molecular weight is 429 g/mol. The van der Waals surface area contributed by atoms with Gasteiger partial charge in [0.2, 0.25) is 15.9 Å². The minimum absolute atomic E-state index is 0.0219. The molecule has 0 bridgehead atoms. The topological polar surface area (TPSA) is 92.3 Å². The fourth-order valence-electron chi connectivity index (χ4n) is 3.64. The third kappa shape index (κ3) is 6.24. The van der Waals surface area contributed by atoms with Crippen LogP contribution in [0, 0.1) is 0 Å². The summed E-state index contributed by atoms with van der Waals surface area (Å²) in [5, 5.41) is 2.79. The van der Waals surface area contributed by atoms with Crippen molar-refractivity contribution in [3.05, 3.63) is 59.7 Å². The Morgan fingerprint density at radius 3 is 2.37 bits per heavy atom. The van der Waals surface area contributed by atoms with Gasteiger partial charge in [0.05, 0.1) is 4.90 Å². The van der Waals surface area contributed by atoms with E-state index in [9.17, 15) is 18.0 Å². The molecule has 6 nitrogen and oxygen atoms in total. The predicted molar refractivity (Wildman–Crippen MR) is 117 cm³/mol. The lowest BCUT2D eigenvalue weighted by atomic mass is 9.96. The molecule has 2 N–H and O–H groups in total. The van der Waals surface area contributed by atoms with E-state index in [1.165, 1.54) is 13.3 Å². The number of benzene rings is 2. The molecule has 30 heavy (non-hydrogen) atoms. The maximum atomic E-state index is 12.6. The normalized spacial score (nSPS) is 15.0. The first-order chi connectivity index (χ1) is 14.3. The molecule has 1 aliphatic rings. The van der Waals surface area contributed by atoms with Crippen molar-refractivity contribution < 1.29 is 18.0 Å². The van der Waals surface area contributed by atoms with Gasteiger partial charge in [0.25, 0.3) is 0 Å². The van der Waals surface area contributed by atoms with Gasteiger partial charge in [-0.2, -0.15) is 0 Å². The number of rotatable bonds is 8. The van der Waals surface area contributed by atoms with Gasteiger partial charge in [0.1, 0.15) is 0 Å². The molecule has 7 heteroatoms. The second-order valence-electron chi connectivity index (χ2n) is 7.79. The zero-order chi connectivity index (χ0) is 21.6. The summed E-state index contributed by atoms with van der Waals surface area (Å²) in [6, 6.07) is 13.5. The van der Waals surface area contributed by atoms with Crippen molar-refractivity contribution >= 4 is 27.4 Å². The summed E-state index contributed by atoms with van der Waals surface area (Å²) < 4.78 is 27.9. The SMILES string of the molecule is CC(=O)c1cccc(NC(=O)CCc2ccc(S(=O)(=O)NC3CCCCC3)cc2)c1.